The van der Waals surface area contributed by atoms with Crippen LogP contribution in [0.25, 0.3) is 0 Å². The molecule has 1 aromatic rings. The summed E-state index contributed by atoms with van der Waals surface area (Å²) < 4.78 is 0. The van der Waals surface area contributed by atoms with Gasteiger partial charge >= 0.3 is 0 Å². The predicted octanol–water partition coefficient (Wildman–Crippen LogP) is 1.38. The Balaban J connectivity index is 2.46. The van der Waals surface area contributed by atoms with Crippen LogP contribution in [0.1, 0.15) is 18.1 Å². The molecule has 0 heterocycles. The molecule has 3 nitrogen and oxygen atoms in total. The Labute approximate surface area is 96.3 Å². The molecular formula is C13H18N2O. The molecule has 86 valence electrons. The van der Waals surface area contributed by atoms with Gasteiger partial charge in [-0.15, -0.1) is 0 Å². The molecule has 0 radical (unpaired) electrons. The van der Waals surface area contributed by atoms with Gasteiger partial charge < -0.3 is 11.1 Å². The molecule has 3 N–H and O–H groups in total. The Bertz CT molecular complexity index is 355. The molecule has 0 aliphatic carbocycles. The zero-order chi connectivity index (χ0) is 11.8. The van der Waals surface area contributed by atoms with E-state index >= 15 is 0 Å². The molecule has 0 fully saturated rings. The van der Waals surface area contributed by atoms with Crippen molar-refractivity contribution in [1.29, 1.82) is 0 Å². The van der Waals surface area contributed by atoms with Gasteiger partial charge in [0.15, 0.2) is 0 Å². The third-order valence-electron chi connectivity index (χ3n) is 2.24. The predicted molar refractivity (Wildman–Crippen MR) is 65.9 cm³/mol. The molecule has 0 unspecified atom stereocenters. The van der Waals surface area contributed by atoms with Crippen molar-refractivity contribution in [2.24, 2.45) is 5.73 Å². The minimum absolute atomic E-state index is 0.0615. The summed E-state index contributed by atoms with van der Waals surface area (Å²) in [5.74, 6) is -0.0615. The normalized spacial score (nSPS) is 10.6. The Hall–Kier alpha value is -1.61. The minimum atomic E-state index is -0.0615. The van der Waals surface area contributed by atoms with Crippen molar-refractivity contribution in [3.05, 3.63) is 47.5 Å². The number of carbonyl (C=O) groups is 1. The van der Waals surface area contributed by atoms with E-state index in [9.17, 15) is 4.79 Å². The summed E-state index contributed by atoms with van der Waals surface area (Å²) in [6.07, 6.45) is 4.13. The molecule has 0 aromatic heterocycles. The van der Waals surface area contributed by atoms with Gasteiger partial charge in [-0.2, -0.15) is 0 Å². The van der Waals surface area contributed by atoms with E-state index < -0.39 is 0 Å². The number of rotatable bonds is 5. The molecular weight excluding hydrogens is 200 g/mol. The monoisotopic (exact) mass is 218 g/mol. The summed E-state index contributed by atoms with van der Waals surface area (Å²) in [6.45, 7) is 3.05. The lowest BCUT2D eigenvalue weighted by atomic mass is 10.1. The van der Waals surface area contributed by atoms with Crippen LogP contribution in [0.3, 0.4) is 0 Å². The fraction of sp³-hybridized carbons (Fsp3) is 0.308. The summed E-state index contributed by atoms with van der Waals surface area (Å²) in [5.41, 5.74) is 7.79. The fourth-order valence-electron chi connectivity index (χ4n) is 1.39. The molecule has 16 heavy (non-hydrogen) atoms. The molecule has 0 saturated carbocycles. The number of hydrogen-bond acceptors (Lipinski definition) is 2. The van der Waals surface area contributed by atoms with E-state index in [2.05, 4.69) is 5.32 Å². The van der Waals surface area contributed by atoms with Crippen LogP contribution in [0.4, 0.5) is 0 Å². The highest BCUT2D eigenvalue weighted by atomic mass is 16.1. The van der Waals surface area contributed by atoms with E-state index in [1.54, 1.807) is 6.08 Å². The first kappa shape index (κ1) is 12.5. The highest BCUT2D eigenvalue weighted by Gasteiger charge is 1.96. The van der Waals surface area contributed by atoms with Crippen LogP contribution < -0.4 is 11.1 Å². The average Bonchev–Trinajstić information content (AvgIpc) is 2.29. The Morgan fingerprint density at radius 1 is 1.31 bits per heavy atom. The summed E-state index contributed by atoms with van der Waals surface area (Å²) in [6, 6.07) is 8.12. The van der Waals surface area contributed by atoms with Crippen molar-refractivity contribution in [3.63, 3.8) is 0 Å². The minimum Gasteiger partial charge on any atom is -0.348 e. The van der Waals surface area contributed by atoms with E-state index in [1.165, 1.54) is 11.6 Å². The summed E-state index contributed by atoms with van der Waals surface area (Å²) in [5, 5.41) is 2.80. The maximum Gasteiger partial charge on any atom is 0.243 e. The highest BCUT2D eigenvalue weighted by Crippen LogP contribution is 2.04. The number of hydrogen-bond donors (Lipinski definition) is 2. The van der Waals surface area contributed by atoms with Crippen molar-refractivity contribution < 1.29 is 4.79 Å². The lowest BCUT2D eigenvalue weighted by molar-refractivity contribution is -0.116. The average molecular weight is 218 g/mol. The zero-order valence-corrected chi connectivity index (χ0v) is 9.57. The molecule has 0 saturated heterocycles. The first-order chi connectivity index (χ1) is 7.76. The Morgan fingerprint density at radius 2 is 1.94 bits per heavy atom. The first-order valence-electron chi connectivity index (χ1n) is 5.44. The maximum absolute atomic E-state index is 11.2. The molecule has 1 amide bonds. The number of nitrogens with one attached hydrogen (secondary N) is 1. The second-order valence-electron chi connectivity index (χ2n) is 3.57. The Kier molecular flexibility index (Phi) is 5.29. The van der Waals surface area contributed by atoms with Crippen molar-refractivity contribution in [1.82, 2.24) is 5.32 Å². The number of carbonyl (C=O) groups excluding carboxylic acids is 1. The summed E-state index contributed by atoms with van der Waals surface area (Å²) >= 11 is 0. The molecule has 0 aliphatic rings. The molecule has 1 rings (SSSR count). The summed E-state index contributed by atoms with van der Waals surface area (Å²) in [7, 11) is 0. The molecule has 3 heteroatoms. The van der Waals surface area contributed by atoms with Crippen LogP contribution in [-0.4, -0.2) is 12.5 Å². The van der Waals surface area contributed by atoms with Gasteiger partial charge in [0.1, 0.15) is 0 Å². The molecule has 1 aromatic carbocycles. The van der Waals surface area contributed by atoms with E-state index in [4.69, 9.17) is 5.73 Å². The van der Waals surface area contributed by atoms with Crippen molar-refractivity contribution in [2.45, 2.75) is 19.9 Å². The molecule has 0 spiro atoms. The number of amides is 1. The van der Waals surface area contributed by atoms with E-state index in [0.29, 0.717) is 13.1 Å². The third-order valence-corrected chi connectivity index (χ3v) is 2.24. The molecule has 0 bridgehead atoms. The number of allylic oxidation sites excluding steroid dienone is 1. The van der Waals surface area contributed by atoms with Crippen molar-refractivity contribution >= 4 is 5.91 Å². The second-order valence-corrected chi connectivity index (χ2v) is 3.57. The van der Waals surface area contributed by atoms with Gasteiger partial charge in [0.05, 0.1) is 0 Å². The van der Waals surface area contributed by atoms with Gasteiger partial charge in [0.2, 0.25) is 5.91 Å². The first-order valence-corrected chi connectivity index (χ1v) is 5.44. The smallest absolute Gasteiger partial charge is 0.243 e. The van der Waals surface area contributed by atoms with E-state index in [1.807, 2.05) is 31.2 Å². The van der Waals surface area contributed by atoms with Crippen molar-refractivity contribution in [3.8, 4) is 0 Å². The fourth-order valence-corrected chi connectivity index (χ4v) is 1.39. The van der Waals surface area contributed by atoms with Gasteiger partial charge in [0, 0.05) is 6.54 Å². The van der Waals surface area contributed by atoms with Crippen LogP contribution in [0.15, 0.2) is 36.4 Å². The van der Waals surface area contributed by atoms with Gasteiger partial charge in [-0.1, -0.05) is 30.3 Å². The van der Waals surface area contributed by atoms with Gasteiger partial charge in [-0.25, -0.2) is 0 Å². The highest BCUT2D eigenvalue weighted by molar-refractivity contribution is 5.87. The van der Waals surface area contributed by atoms with Gasteiger partial charge in [-0.05, 0) is 37.1 Å². The molecule has 0 atom stereocenters. The molecule has 0 aliphatic heterocycles. The third kappa shape index (κ3) is 4.28. The van der Waals surface area contributed by atoms with E-state index in [0.717, 1.165) is 12.0 Å². The quantitative estimate of drug-likeness (QED) is 0.734. The van der Waals surface area contributed by atoms with Gasteiger partial charge in [0.25, 0.3) is 0 Å². The van der Waals surface area contributed by atoms with Crippen LogP contribution in [0.2, 0.25) is 0 Å². The van der Waals surface area contributed by atoms with Crippen LogP contribution in [-0.2, 0) is 17.8 Å². The zero-order valence-electron chi connectivity index (χ0n) is 9.57. The lowest BCUT2D eigenvalue weighted by Gasteiger charge is -2.04. The van der Waals surface area contributed by atoms with Gasteiger partial charge in [-0.3, -0.25) is 4.79 Å². The SMILES string of the molecule is CC=CC(=O)NCc1ccc(CCN)cc1. The maximum atomic E-state index is 11.2. The van der Waals surface area contributed by atoms with Crippen molar-refractivity contribution in [2.75, 3.05) is 6.54 Å². The number of benzene rings is 1. The standard InChI is InChI=1S/C13H18N2O/c1-2-3-13(16)15-10-12-6-4-11(5-7-12)8-9-14/h2-7H,8-10,14H2,1H3,(H,15,16). The second kappa shape index (κ2) is 6.80. The van der Waals surface area contributed by atoms with Crippen LogP contribution in [0, 0.1) is 0 Å². The Morgan fingerprint density at radius 3 is 2.50 bits per heavy atom. The van der Waals surface area contributed by atoms with E-state index in [-0.39, 0.29) is 5.91 Å². The summed E-state index contributed by atoms with van der Waals surface area (Å²) in [4.78, 5) is 11.2. The van der Waals surface area contributed by atoms with Crippen LogP contribution in [0.5, 0.6) is 0 Å². The lowest BCUT2D eigenvalue weighted by Crippen LogP contribution is -2.20. The largest absolute Gasteiger partial charge is 0.348 e. The number of nitrogens with two attached hydrogens (primary N) is 1. The topological polar surface area (TPSA) is 55.1 Å². The van der Waals surface area contributed by atoms with Crippen LogP contribution >= 0.6 is 0 Å².